The molecular weight excluding hydrogens is 352 g/mol. The molecule has 0 aliphatic carbocycles. The minimum absolute atomic E-state index is 0.0141. The Morgan fingerprint density at radius 1 is 1.00 bits per heavy atom. The Hall–Kier alpha value is -3.05. The SMILES string of the molecule is COc1ccccc1[C@@H](CNC(=O)COc1ccc2ccccc2c1)[NH+](C)C. The standard InChI is InChI=1S/C23H26N2O3/c1-25(2)21(20-10-6-7-11-22(20)27-3)15-24-23(26)16-28-19-13-12-17-8-4-5-9-18(17)14-19/h4-14,21H,15-16H2,1-3H3,(H,24,26)/p+1/t21-/m1/s1. The average Bonchev–Trinajstić information content (AvgIpc) is 2.72. The van der Waals surface area contributed by atoms with E-state index in [1.54, 1.807) is 7.11 Å². The zero-order valence-corrected chi connectivity index (χ0v) is 16.6. The maximum atomic E-state index is 12.3. The van der Waals surface area contributed by atoms with Gasteiger partial charge in [-0.3, -0.25) is 4.79 Å². The molecule has 5 heteroatoms. The molecule has 0 saturated heterocycles. The molecule has 28 heavy (non-hydrogen) atoms. The third-order valence-corrected chi connectivity index (χ3v) is 4.81. The van der Waals surface area contributed by atoms with Gasteiger partial charge < -0.3 is 19.7 Å². The lowest BCUT2D eigenvalue weighted by Crippen LogP contribution is -3.07. The quantitative estimate of drug-likeness (QED) is 0.631. The maximum Gasteiger partial charge on any atom is 0.258 e. The van der Waals surface area contributed by atoms with E-state index in [1.807, 2.05) is 66.7 Å². The van der Waals surface area contributed by atoms with Crippen LogP contribution in [0.15, 0.2) is 66.7 Å². The fourth-order valence-corrected chi connectivity index (χ4v) is 3.25. The van der Waals surface area contributed by atoms with Crippen LogP contribution in [0.1, 0.15) is 11.6 Å². The van der Waals surface area contributed by atoms with Gasteiger partial charge in [0, 0.05) is 0 Å². The van der Waals surface area contributed by atoms with Gasteiger partial charge in [0.2, 0.25) is 0 Å². The van der Waals surface area contributed by atoms with Gasteiger partial charge in [-0.05, 0) is 35.0 Å². The van der Waals surface area contributed by atoms with Crippen molar-refractivity contribution in [3.8, 4) is 11.5 Å². The Kier molecular flexibility index (Phi) is 6.50. The molecule has 1 amide bonds. The van der Waals surface area contributed by atoms with Crippen LogP contribution in [0.25, 0.3) is 10.8 Å². The highest BCUT2D eigenvalue weighted by Gasteiger charge is 2.22. The molecule has 2 N–H and O–H groups in total. The van der Waals surface area contributed by atoms with Crippen molar-refractivity contribution in [3.05, 3.63) is 72.3 Å². The number of rotatable bonds is 8. The van der Waals surface area contributed by atoms with Crippen LogP contribution < -0.4 is 19.7 Å². The number of fused-ring (bicyclic) bond motifs is 1. The predicted molar refractivity (Wildman–Crippen MR) is 111 cm³/mol. The van der Waals surface area contributed by atoms with Gasteiger partial charge in [0.25, 0.3) is 5.91 Å². The fraction of sp³-hybridized carbons (Fsp3) is 0.261. The Labute approximate surface area is 165 Å². The van der Waals surface area contributed by atoms with Gasteiger partial charge in [0.15, 0.2) is 6.61 Å². The van der Waals surface area contributed by atoms with Gasteiger partial charge in [0.1, 0.15) is 17.5 Å². The monoisotopic (exact) mass is 379 g/mol. The van der Waals surface area contributed by atoms with Crippen LogP contribution in [0.3, 0.4) is 0 Å². The number of ether oxygens (including phenoxy) is 2. The molecule has 0 aliphatic rings. The Balaban J connectivity index is 1.58. The lowest BCUT2D eigenvalue weighted by molar-refractivity contribution is -0.890. The van der Waals surface area contributed by atoms with E-state index in [2.05, 4.69) is 19.4 Å². The molecule has 1 atom stereocenters. The fourth-order valence-electron chi connectivity index (χ4n) is 3.25. The summed E-state index contributed by atoms with van der Waals surface area (Å²) in [6.07, 6.45) is 0. The van der Waals surface area contributed by atoms with Gasteiger partial charge >= 0.3 is 0 Å². The van der Waals surface area contributed by atoms with Crippen LogP contribution in [0.2, 0.25) is 0 Å². The van der Waals surface area contributed by atoms with E-state index in [0.29, 0.717) is 12.3 Å². The van der Waals surface area contributed by atoms with E-state index in [9.17, 15) is 4.79 Å². The first-order chi connectivity index (χ1) is 13.6. The summed E-state index contributed by atoms with van der Waals surface area (Å²) in [6, 6.07) is 21.9. The number of para-hydroxylation sites is 1. The van der Waals surface area contributed by atoms with Gasteiger partial charge in [0.05, 0.1) is 33.3 Å². The van der Waals surface area contributed by atoms with Crippen molar-refractivity contribution in [3.63, 3.8) is 0 Å². The number of nitrogens with one attached hydrogen (secondary N) is 2. The second-order valence-corrected chi connectivity index (χ2v) is 6.97. The summed E-state index contributed by atoms with van der Waals surface area (Å²) in [6.45, 7) is 0.488. The van der Waals surface area contributed by atoms with Crippen molar-refractivity contribution in [1.82, 2.24) is 5.32 Å². The van der Waals surface area contributed by atoms with Crippen LogP contribution in [0.4, 0.5) is 0 Å². The number of benzene rings is 3. The molecule has 0 bridgehead atoms. The molecule has 0 unspecified atom stereocenters. The van der Waals surface area contributed by atoms with Crippen LogP contribution in [0.5, 0.6) is 11.5 Å². The summed E-state index contributed by atoms with van der Waals surface area (Å²) in [5.41, 5.74) is 1.07. The maximum absolute atomic E-state index is 12.3. The third-order valence-electron chi connectivity index (χ3n) is 4.81. The van der Waals surface area contributed by atoms with Gasteiger partial charge in [-0.15, -0.1) is 0 Å². The molecule has 3 aromatic carbocycles. The average molecular weight is 379 g/mol. The number of likely N-dealkylation sites (N-methyl/N-ethyl adjacent to an activating group) is 1. The molecule has 0 saturated carbocycles. The molecule has 5 nitrogen and oxygen atoms in total. The second kappa shape index (κ2) is 9.24. The highest BCUT2D eigenvalue weighted by Crippen LogP contribution is 2.23. The number of methoxy groups -OCH3 is 1. The number of carbonyl (C=O) groups excluding carboxylic acids is 1. The number of hydrogen-bond donors (Lipinski definition) is 2. The van der Waals surface area contributed by atoms with Crippen LogP contribution >= 0.6 is 0 Å². The molecule has 0 spiro atoms. The number of hydrogen-bond acceptors (Lipinski definition) is 3. The first-order valence-corrected chi connectivity index (χ1v) is 9.39. The summed E-state index contributed by atoms with van der Waals surface area (Å²) in [7, 11) is 5.79. The summed E-state index contributed by atoms with van der Waals surface area (Å²) in [4.78, 5) is 13.5. The minimum Gasteiger partial charge on any atom is -0.496 e. The van der Waals surface area contributed by atoms with E-state index < -0.39 is 0 Å². The summed E-state index contributed by atoms with van der Waals surface area (Å²) >= 11 is 0. The summed E-state index contributed by atoms with van der Waals surface area (Å²) < 4.78 is 11.1. The normalized spacial score (nSPS) is 12.0. The van der Waals surface area contributed by atoms with Crippen molar-refractivity contribution >= 4 is 16.7 Å². The van der Waals surface area contributed by atoms with Gasteiger partial charge in [-0.1, -0.05) is 42.5 Å². The van der Waals surface area contributed by atoms with Crippen molar-refractivity contribution in [2.24, 2.45) is 0 Å². The van der Waals surface area contributed by atoms with Crippen molar-refractivity contribution in [2.75, 3.05) is 34.4 Å². The van der Waals surface area contributed by atoms with E-state index >= 15 is 0 Å². The lowest BCUT2D eigenvalue weighted by atomic mass is 10.0. The van der Waals surface area contributed by atoms with E-state index in [4.69, 9.17) is 9.47 Å². The number of amides is 1. The minimum atomic E-state index is -0.144. The predicted octanol–water partition coefficient (Wildman–Crippen LogP) is 2.23. The number of carbonyl (C=O) groups is 1. The van der Waals surface area contributed by atoms with Crippen molar-refractivity contribution in [1.29, 1.82) is 0 Å². The van der Waals surface area contributed by atoms with Crippen molar-refractivity contribution < 1.29 is 19.2 Å². The third kappa shape index (κ3) is 4.81. The molecule has 0 fully saturated rings. The Morgan fingerprint density at radius 2 is 1.71 bits per heavy atom. The van der Waals surface area contributed by atoms with E-state index in [1.165, 1.54) is 4.90 Å². The van der Waals surface area contributed by atoms with Crippen LogP contribution in [-0.2, 0) is 4.79 Å². The molecule has 0 aromatic heterocycles. The van der Waals surface area contributed by atoms with Gasteiger partial charge in [-0.25, -0.2) is 0 Å². The number of quaternary nitrogens is 1. The first-order valence-electron chi connectivity index (χ1n) is 9.39. The molecule has 0 aliphatic heterocycles. The molecule has 3 rings (SSSR count). The highest BCUT2D eigenvalue weighted by molar-refractivity contribution is 5.84. The van der Waals surface area contributed by atoms with Gasteiger partial charge in [-0.2, -0.15) is 0 Å². The molecule has 0 radical (unpaired) electrons. The zero-order valence-electron chi connectivity index (χ0n) is 16.6. The zero-order chi connectivity index (χ0) is 19.9. The van der Waals surface area contributed by atoms with Crippen LogP contribution in [-0.4, -0.2) is 40.3 Å². The van der Waals surface area contributed by atoms with E-state index in [0.717, 1.165) is 22.1 Å². The molecule has 146 valence electrons. The second-order valence-electron chi connectivity index (χ2n) is 6.97. The topological polar surface area (TPSA) is 52.0 Å². The van der Waals surface area contributed by atoms with Crippen molar-refractivity contribution in [2.45, 2.75) is 6.04 Å². The highest BCUT2D eigenvalue weighted by atomic mass is 16.5. The Bertz CT molecular complexity index is 940. The lowest BCUT2D eigenvalue weighted by Gasteiger charge is -2.23. The Morgan fingerprint density at radius 3 is 2.46 bits per heavy atom. The van der Waals surface area contributed by atoms with E-state index in [-0.39, 0.29) is 18.6 Å². The smallest absolute Gasteiger partial charge is 0.258 e. The summed E-state index contributed by atoms with van der Waals surface area (Å²) in [5.74, 6) is 1.37. The molecular formula is C23H27N2O3+. The molecule has 0 heterocycles. The summed E-state index contributed by atoms with van der Waals surface area (Å²) in [5, 5.41) is 5.22. The van der Waals surface area contributed by atoms with Crippen LogP contribution in [0, 0.1) is 0 Å². The largest absolute Gasteiger partial charge is 0.496 e. The molecule has 3 aromatic rings. The first kappa shape index (κ1) is 19.7.